The van der Waals surface area contributed by atoms with Crippen LogP contribution in [0.5, 0.6) is 23.0 Å². The lowest BCUT2D eigenvalue weighted by Crippen LogP contribution is -2.37. The van der Waals surface area contributed by atoms with E-state index >= 15 is 0 Å². The number of nitrogens with zero attached hydrogens (tertiary/aromatic N) is 4. The van der Waals surface area contributed by atoms with E-state index in [0.29, 0.717) is 47.3 Å². The number of sulfone groups is 2. The average molecular weight is 1230 g/mol. The Balaban J connectivity index is 0.000000304. The van der Waals surface area contributed by atoms with Gasteiger partial charge in [-0.15, -0.1) is 0 Å². The zero-order chi connectivity index (χ0) is 64.3. The molecule has 7 rings (SSSR count). The van der Waals surface area contributed by atoms with Gasteiger partial charge in [0.15, 0.2) is 23.0 Å². The lowest BCUT2D eigenvalue weighted by molar-refractivity contribution is -0.156. The highest BCUT2D eigenvalue weighted by atomic mass is 32.2. The van der Waals surface area contributed by atoms with Crippen molar-refractivity contribution in [1.29, 1.82) is 0 Å². The molecule has 30 nitrogen and oxygen atoms in total. The number of pyridine rings is 3. The van der Waals surface area contributed by atoms with Gasteiger partial charge in [-0.05, 0) is 49.2 Å². The highest BCUT2D eigenvalue weighted by molar-refractivity contribution is 7.90. The molecule has 0 spiro atoms. The molecule has 0 unspecified atom stereocenters. The van der Waals surface area contributed by atoms with Gasteiger partial charge in [0, 0.05) is 64.8 Å². The first-order valence-electron chi connectivity index (χ1n) is 24.5. The van der Waals surface area contributed by atoms with Gasteiger partial charge in [0.05, 0.1) is 108 Å². The third-order valence-electron chi connectivity index (χ3n) is 10.8. The van der Waals surface area contributed by atoms with Gasteiger partial charge in [-0.1, -0.05) is 12.1 Å². The molecule has 8 N–H and O–H groups in total. The maximum atomic E-state index is 13.3. The van der Waals surface area contributed by atoms with Crippen LogP contribution in [0.1, 0.15) is 127 Å². The molecule has 5 heterocycles. The molecular formula is C53H60N8O22S2. The average Bonchev–Trinajstić information content (AvgIpc) is 1.86. The largest absolute Gasteiger partial charge is 0.493 e. The number of aromatic nitrogens is 3. The number of carboxylic acids is 2. The minimum absolute atomic E-state index is 0.0155. The molecule has 2 aliphatic heterocycles. The number of carbonyl (C=O) groups excluding carboxylic acids is 8. The highest BCUT2D eigenvalue weighted by Crippen LogP contribution is 2.38. The van der Waals surface area contributed by atoms with Crippen molar-refractivity contribution in [3.63, 3.8) is 0 Å². The minimum atomic E-state index is -3.62. The number of fused-ring (bicyclic) bond motifs is 2. The lowest BCUT2D eigenvalue weighted by atomic mass is 10.1. The van der Waals surface area contributed by atoms with Crippen molar-refractivity contribution in [2.24, 2.45) is 5.73 Å². The Morgan fingerprint density at radius 1 is 0.624 bits per heavy atom. The number of imide groups is 1. The Morgan fingerprint density at radius 3 is 1.52 bits per heavy atom. The van der Waals surface area contributed by atoms with E-state index in [2.05, 4.69) is 35.1 Å². The van der Waals surface area contributed by atoms with Crippen molar-refractivity contribution in [2.45, 2.75) is 53.6 Å². The number of hydrogen-bond donors (Lipinski definition) is 6. The third kappa shape index (κ3) is 20.2. The molecule has 3 aromatic heterocycles. The summed E-state index contributed by atoms with van der Waals surface area (Å²) in [4.78, 5) is 124. The van der Waals surface area contributed by atoms with Crippen molar-refractivity contribution in [2.75, 3.05) is 67.8 Å². The number of esters is 4. The van der Waals surface area contributed by atoms with Gasteiger partial charge in [0.1, 0.15) is 25.2 Å². The Kier molecular flexibility index (Phi) is 25.2. The Hall–Kier alpha value is -9.95. The second kappa shape index (κ2) is 30.9. The molecule has 0 saturated carbocycles. The zero-order valence-electron chi connectivity index (χ0n) is 47.2. The summed E-state index contributed by atoms with van der Waals surface area (Å²) in [5.74, 6) is -6.23. The van der Waals surface area contributed by atoms with E-state index < -0.39 is 102 Å². The van der Waals surface area contributed by atoms with E-state index in [1.807, 2.05) is 6.92 Å². The van der Waals surface area contributed by atoms with E-state index in [1.54, 1.807) is 50.4 Å². The summed E-state index contributed by atoms with van der Waals surface area (Å²) in [7, 11) is -3.71. The standard InChI is InChI=1S/C21H23N3O7S.C12H19NO4S.C9H6N2O4.C7H6N2O4.C4H6O3/c1-5-31-18-8-13(6-7-17(18)30-3)16(11-32(4,28)29)24-20(26)14-9-22-10-15(23-12(2)25)19(14)21(24)27;1-4-17-12-7-9(5-6-11(12)16-2)10(13)8-18(3,14)15;1-4(12)11-6-3-10-2-5-7(6)9(14)15-8(5)13;8-4-2-9-1-3(6(10)11)5(4)7(12)13;1-3(5)7-4(2)6/h6-10,16H,5,11H2,1-4H3,(H,23,25);5-7,10H,4,8,13H2,1-3H3;2-3H,1H3,(H,11,12);1-2H,8H2,(H,10,11)(H,12,13);1-2H3/t16-;10-;;;/m11.../s1. The number of nitrogens with two attached hydrogens (primary N) is 2. The van der Waals surface area contributed by atoms with E-state index in [1.165, 1.54) is 65.8 Å². The molecule has 0 aliphatic carbocycles. The molecular weight excluding hydrogens is 1160 g/mol. The fourth-order valence-corrected chi connectivity index (χ4v) is 9.30. The molecule has 0 bridgehead atoms. The van der Waals surface area contributed by atoms with Crippen LogP contribution >= 0.6 is 0 Å². The molecule has 2 aromatic carbocycles. The number of rotatable bonds is 17. The number of carbonyl (C=O) groups is 10. The summed E-state index contributed by atoms with van der Waals surface area (Å²) in [6.45, 7) is 9.39. The first-order valence-corrected chi connectivity index (χ1v) is 28.6. The minimum Gasteiger partial charge on any atom is -0.493 e. The maximum Gasteiger partial charge on any atom is 0.349 e. The normalized spacial score (nSPS) is 12.6. The summed E-state index contributed by atoms with van der Waals surface area (Å²) in [5.41, 5.74) is 11.6. The van der Waals surface area contributed by atoms with Gasteiger partial charge in [0.2, 0.25) is 11.8 Å². The number of methoxy groups -OCH3 is 2. The van der Waals surface area contributed by atoms with Crippen LogP contribution in [0.25, 0.3) is 0 Å². The number of aromatic carboxylic acids is 2. The summed E-state index contributed by atoms with van der Waals surface area (Å²) in [6, 6.07) is 8.20. The number of benzene rings is 2. The van der Waals surface area contributed by atoms with Crippen molar-refractivity contribution in [3.8, 4) is 23.0 Å². The SMILES string of the molecule is CC(=O)Nc1cncc2c1C(=O)OC2=O.CC(=O)OC(C)=O.CCOc1cc([C@@H](CS(C)(=O)=O)N2C(=O)c3cncc(NC(C)=O)c3C2=O)ccc1OC.CCOc1cc([C@H](N)CS(C)(=O)=O)ccc1OC.Nc1cncc(C(=O)O)c1C(=O)O. The molecule has 2 atom stereocenters. The van der Waals surface area contributed by atoms with Gasteiger partial charge in [-0.3, -0.25) is 48.6 Å². The van der Waals surface area contributed by atoms with Crippen LogP contribution in [0.15, 0.2) is 73.6 Å². The first kappa shape index (κ1) is 69.3. The number of nitrogen functional groups attached to an aromatic ring is 1. The summed E-state index contributed by atoms with van der Waals surface area (Å²) < 4.78 is 76.6. The van der Waals surface area contributed by atoms with E-state index in [4.69, 9.17) is 40.6 Å². The Labute approximate surface area is 485 Å². The van der Waals surface area contributed by atoms with Crippen LogP contribution in [0.2, 0.25) is 0 Å². The van der Waals surface area contributed by atoms with Crippen LogP contribution in [0.3, 0.4) is 0 Å². The number of anilines is 3. The van der Waals surface area contributed by atoms with Gasteiger partial charge >= 0.3 is 35.8 Å². The quantitative estimate of drug-likeness (QED) is 0.0441. The second-order valence-corrected chi connectivity index (χ2v) is 21.9. The Morgan fingerprint density at radius 2 is 1.09 bits per heavy atom. The smallest absolute Gasteiger partial charge is 0.349 e. The van der Waals surface area contributed by atoms with Gasteiger partial charge in [0.25, 0.3) is 11.8 Å². The topological polar surface area (TPSA) is 453 Å². The number of amides is 4. The van der Waals surface area contributed by atoms with Gasteiger partial charge < -0.3 is 60.7 Å². The van der Waals surface area contributed by atoms with Crippen LogP contribution < -0.4 is 41.0 Å². The molecule has 85 heavy (non-hydrogen) atoms. The summed E-state index contributed by atoms with van der Waals surface area (Å²) in [5, 5.41) is 22.1. The third-order valence-corrected chi connectivity index (χ3v) is 12.6. The lowest BCUT2D eigenvalue weighted by Gasteiger charge is -2.26. The number of ether oxygens (including phenoxy) is 6. The number of cyclic esters (lactones) is 2. The predicted octanol–water partition coefficient (Wildman–Crippen LogP) is 3.47. The number of carboxylic acid groups (broad SMARTS) is 2. The molecule has 5 aromatic rings. The van der Waals surface area contributed by atoms with E-state index in [0.717, 1.165) is 23.5 Å². The number of nitrogens with one attached hydrogen (secondary N) is 2. The fourth-order valence-electron chi connectivity index (χ4n) is 7.54. The Bertz CT molecular complexity index is 3620. The van der Waals surface area contributed by atoms with Crippen molar-refractivity contribution in [3.05, 3.63) is 118 Å². The van der Waals surface area contributed by atoms with Crippen molar-refractivity contribution < 1.29 is 103 Å². The van der Waals surface area contributed by atoms with Crippen LogP contribution in [0.4, 0.5) is 17.1 Å². The predicted molar refractivity (Wildman–Crippen MR) is 300 cm³/mol. The van der Waals surface area contributed by atoms with E-state index in [9.17, 15) is 64.8 Å². The number of hydrogen-bond acceptors (Lipinski definition) is 25. The summed E-state index contributed by atoms with van der Waals surface area (Å²) in [6.07, 6.45) is 9.24. The van der Waals surface area contributed by atoms with Crippen molar-refractivity contribution >= 4 is 96.2 Å². The fraction of sp³-hybridized carbons (Fsp3) is 0.302. The molecule has 2 aliphatic rings. The molecule has 0 fully saturated rings. The highest BCUT2D eigenvalue weighted by Gasteiger charge is 2.44. The van der Waals surface area contributed by atoms with Crippen LogP contribution in [0, 0.1) is 0 Å². The maximum absolute atomic E-state index is 13.3. The first-order chi connectivity index (χ1) is 39.7. The molecule has 32 heteroatoms. The summed E-state index contributed by atoms with van der Waals surface area (Å²) >= 11 is 0. The molecule has 456 valence electrons. The van der Waals surface area contributed by atoms with Crippen molar-refractivity contribution in [1.82, 2.24) is 19.9 Å². The van der Waals surface area contributed by atoms with Crippen LogP contribution in [-0.2, 0) is 48.3 Å². The molecule has 0 saturated heterocycles. The monoisotopic (exact) mass is 1220 g/mol. The van der Waals surface area contributed by atoms with E-state index in [-0.39, 0.29) is 51.0 Å². The molecule has 0 radical (unpaired) electrons. The van der Waals surface area contributed by atoms with Gasteiger partial charge in [-0.25, -0.2) is 36.0 Å². The van der Waals surface area contributed by atoms with Crippen LogP contribution in [-0.4, -0.2) is 158 Å². The van der Waals surface area contributed by atoms with Gasteiger partial charge in [-0.2, -0.15) is 0 Å². The molecule has 4 amide bonds. The second-order valence-electron chi connectivity index (χ2n) is 17.6. The zero-order valence-corrected chi connectivity index (χ0v) is 48.9.